The minimum atomic E-state index is -0.374. The van der Waals surface area contributed by atoms with Gasteiger partial charge in [0, 0.05) is 18.7 Å². The van der Waals surface area contributed by atoms with E-state index >= 15 is 0 Å². The fourth-order valence-electron chi connectivity index (χ4n) is 1.37. The number of aromatic nitrogens is 1. The quantitative estimate of drug-likeness (QED) is 0.735. The lowest BCUT2D eigenvalue weighted by atomic mass is 10.2. The predicted octanol–water partition coefficient (Wildman–Crippen LogP) is 2.41. The summed E-state index contributed by atoms with van der Waals surface area (Å²) in [5, 5.41) is 0. The molecule has 0 saturated heterocycles. The highest BCUT2D eigenvalue weighted by Crippen LogP contribution is 2.29. The van der Waals surface area contributed by atoms with Gasteiger partial charge in [-0.05, 0) is 20.3 Å². The van der Waals surface area contributed by atoms with Crippen LogP contribution >= 0.6 is 0 Å². The van der Waals surface area contributed by atoms with Gasteiger partial charge in [0.05, 0.1) is 12.2 Å². The van der Waals surface area contributed by atoms with Crippen LogP contribution in [0, 0.1) is 13.8 Å². The first-order chi connectivity index (χ1) is 7.56. The Morgan fingerprint density at radius 3 is 2.69 bits per heavy atom. The van der Waals surface area contributed by atoms with Crippen molar-refractivity contribution >= 4 is 5.97 Å². The molecule has 0 aliphatic rings. The molecule has 0 aliphatic heterocycles. The van der Waals surface area contributed by atoms with Crippen LogP contribution in [0.4, 0.5) is 0 Å². The Morgan fingerprint density at radius 1 is 1.44 bits per heavy atom. The van der Waals surface area contributed by atoms with E-state index in [1.54, 1.807) is 6.20 Å². The Balaban J connectivity index is 3.01. The van der Waals surface area contributed by atoms with Gasteiger partial charge in [-0.2, -0.15) is 0 Å². The van der Waals surface area contributed by atoms with Gasteiger partial charge < -0.3 is 9.47 Å². The number of carbonyl (C=O) groups excluding carboxylic acids is 1. The first-order valence-corrected chi connectivity index (χ1v) is 5.33. The fourth-order valence-corrected chi connectivity index (χ4v) is 1.37. The topological polar surface area (TPSA) is 48.4 Å². The molecule has 0 amide bonds. The summed E-state index contributed by atoms with van der Waals surface area (Å²) in [6.07, 6.45) is 2.58. The maximum absolute atomic E-state index is 10.9. The van der Waals surface area contributed by atoms with E-state index < -0.39 is 0 Å². The zero-order valence-corrected chi connectivity index (χ0v) is 10.2. The number of esters is 1. The van der Waals surface area contributed by atoms with Crippen LogP contribution < -0.4 is 9.47 Å². The van der Waals surface area contributed by atoms with Gasteiger partial charge in [-0.15, -0.1) is 0 Å². The number of rotatable bonds is 4. The lowest BCUT2D eigenvalue weighted by Crippen LogP contribution is -2.07. The van der Waals surface area contributed by atoms with Crippen molar-refractivity contribution in [3.63, 3.8) is 0 Å². The number of aryl methyl sites for hydroxylation is 1. The molecule has 0 aliphatic carbocycles. The van der Waals surface area contributed by atoms with Crippen LogP contribution in [0.5, 0.6) is 11.6 Å². The molecule has 0 radical (unpaired) electrons. The van der Waals surface area contributed by atoms with Crippen LogP contribution in [0.1, 0.15) is 31.4 Å². The molecule has 0 atom stereocenters. The first kappa shape index (κ1) is 12.5. The van der Waals surface area contributed by atoms with Crippen molar-refractivity contribution in [3.8, 4) is 11.6 Å². The second-order valence-corrected chi connectivity index (χ2v) is 3.64. The van der Waals surface area contributed by atoms with Crippen LogP contribution in [-0.2, 0) is 4.79 Å². The molecule has 1 aromatic heterocycles. The van der Waals surface area contributed by atoms with Crippen molar-refractivity contribution in [1.29, 1.82) is 0 Å². The number of nitrogens with zero attached hydrogens (tertiary/aromatic N) is 1. The van der Waals surface area contributed by atoms with E-state index in [4.69, 9.17) is 9.47 Å². The van der Waals surface area contributed by atoms with Gasteiger partial charge in [-0.3, -0.25) is 4.79 Å². The molecule has 1 heterocycles. The zero-order valence-electron chi connectivity index (χ0n) is 10.2. The maximum atomic E-state index is 10.9. The molecule has 4 nitrogen and oxygen atoms in total. The van der Waals surface area contributed by atoms with Crippen molar-refractivity contribution in [2.45, 2.75) is 34.1 Å². The third-order valence-corrected chi connectivity index (χ3v) is 2.09. The predicted molar refractivity (Wildman–Crippen MR) is 60.8 cm³/mol. The summed E-state index contributed by atoms with van der Waals surface area (Å²) < 4.78 is 10.6. The molecule has 0 bridgehead atoms. The van der Waals surface area contributed by atoms with E-state index in [1.807, 2.05) is 20.8 Å². The molecule has 0 N–H and O–H groups in total. The highest BCUT2D eigenvalue weighted by Gasteiger charge is 2.12. The van der Waals surface area contributed by atoms with Crippen LogP contribution in [0.25, 0.3) is 0 Å². The normalized spacial score (nSPS) is 10.0. The summed E-state index contributed by atoms with van der Waals surface area (Å²) in [5.74, 6) is 0.707. The largest absolute Gasteiger partial charge is 0.493 e. The second-order valence-electron chi connectivity index (χ2n) is 3.64. The average molecular weight is 223 g/mol. The summed E-state index contributed by atoms with van der Waals surface area (Å²) in [4.78, 5) is 14.9. The minimum absolute atomic E-state index is 0.323. The van der Waals surface area contributed by atoms with Gasteiger partial charge in [0.15, 0.2) is 0 Å². The molecule has 0 spiro atoms. The minimum Gasteiger partial charge on any atom is -0.493 e. The van der Waals surface area contributed by atoms with Crippen molar-refractivity contribution < 1.29 is 14.3 Å². The molecule has 1 aromatic rings. The van der Waals surface area contributed by atoms with Crippen LogP contribution in [-0.4, -0.2) is 17.6 Å². The van der Waals surface area contributed by atoms with Gasteiger partial charge in [0.2, 0.25) is 5.88 Å². The van der Waals surface area contributed by atoms with Gasteiger partial charge >= 0.3 is 5.97 Å². The number of hydrogen-bond acceptors (Lipinski definition) is 4. The fraction of sp³-hybridized carbons (Fsp3) is 0.500. The summed E-state index contributed by atoms with van der Waals surface area (Å²) >= 11 is 0. The molecule has 16 heavy (non-hydrogen) atoms. The molecular formula is C12H17NO3. The van der Waals surface area contributed by atoms with Crippen LogP contribution in [0.2, 0.25) is 0 Å². The number of ether oxygens (including phenoxy) is 2. The van der Waals surface area contributed by atoms with Gasteiger partial charge in [-0.25, -0.2) is 4.98 Å². The van der Waals surface area contributed by atoms with Crippen molar-refractivity contribution in [2.24, 2.45) is 0 Å². The lowest BCUT2D eigenvalue weighted by molar-refractivity contribution is -0.132. The van der Waals surface area contributed by atoms with Gasteiger partial charge in [0.1, 0.15) is 5.75 Å². The Bertz CT molecular complexity index is 388. The van der Waals surface area contributed by atoms with Crippen LogP contribution in [0.15, 0.2) is 6.20 Å². The van der Waals surface area contributed by atoms with E-state index in [2.05, 4.69) is 4.98 Å². The Hall–Kier alpha value is -1.58. The van der Waals surface area contributed by atoms with Crippen LogP contribution in [0.3, 0.4) is 0 Å². The van der Waals surface area contributed by atoms with Crippen molar-refractivity contribution in [3.05, 3.63) is 17.3 Å². The van der Waals surface area contributed by atoms with Gasteiger partial charge in [-0.1, -0.05) is 6.92 Å². The summed E-state index contributed by atoms with van der Waals surface area (Å²) in [7, 11) is 0. The van der Waals surface area contributed by atoms with Gasteiger partial charge in [0.25, 0.3) is 0 Å². The number of hydrogen-bond donors (Lipinski definition) is 0. The second kappa shape index (κ2) is 5.49. The van der Waals surface area contributed by atoms with Crippen molar-refractivity contribution in [2.75, 3.05) is 6.61 Å². The molecule has 0 aromatic carbocycles. The average Bonchev–Trinajstić information content (AvgIpc) is 2.22. The van der Waals surface area contributed by atoms with E-state index in [-0.39, 0.29) is 5.97 Å². The Morgan fingerprint density at radius 2 is 2.12 bits per heavy atom. The van der Waals surface area contributed by atoms with E-state index in [9.17, 15) is 4.79 Å². The summed E-state index contributed by atoms with van der Waals surface area (Å²) in [6, 6.07) is 0. The maximum Gasteiger partial charge on any atom is 0.309 e. The number of pyridine rings is 1. The molecule has 0 saturated carbocycles. The highest BCUT2D eigenvalue weighted by molar-refractivity contribution is 5.69. The molecule has 88 valence electrons. The summed E-state index contributed by atoms with van der Waals surface area (Å²) in [6.45, 7) is 7.80. The third kappa shape index (κ3) is 2.95. The molecule has 0 unspecified atom stereocenters. The monoisotopic (exact) mass is 223 g/mol. The van der Waals surface area contributed by atoms with E-state index in [0.29, 0.717) is 12.5 Å². The van der Waals surface area contributed by atoms with E-state index in [1.165, 1.54) is 6.92 Å². The lowest BCUT2D eigenvalue weighted by Gasteiger charge is -2.13. The molecule has 0 fully saturated rings. The summed E-state index contributed by atoms with van der Waals surface area (Å²) in [5.41, 5.74) is 1.71. The van der Waals surface area contributed by atoms with Crippen molar-refractivity contribution in [1.82, 2.24) is 4.98 Å². The third-order valence-electron chi connectivity index (χ3n) is 2.09. The zero-order chi connectivity index (χ0) is 12.1. The molecule has 1 rings (SSSR count). The number of carbonyl (C=O) groups is 1. The first-order valence-electron chi connectivity index (χ1n) is 5.33. The Labute approximate surface area is 95.6 Å². The smallest absolute Gasteiger partial charge is 0.309 e. The highest BCUT2D eigenvalue weighted by atomic mass is 16.5. The standard InChI is InChI=1S/C12H17NO3/c1-5-6-15-11-8(2)7-13-12(9(11)3)16-10(4)14/h7H,5-6H2,1-4H3. The Kier molecular flexibility index (Phi) is 4.28. The molecule has 4 heteroatoms. The molecular weight excluding hydrogens is 206 g/mol. The SMILES string of the molecule is CCCOc1c(C)cnc(OC(C)=O)c1C. The van der Waals surface area contributed by atoms with E-state index in [0.717, 1.165) is 23.3 Å².